The number of hydrogen-bond donors (Lipinski definition) is 2. The van der Waals surface area contributed by atoms with Crippen molar-refractivity contribution in [2.24, 2.45) is 0 Å². The molecule has 0 aromatic rings. The quantitative estimate of drug-likeness (QED) is 0.338. The van der Waals surface area contributed by atoms with Gasteiger partial charge < -0.3 is 10.2 Å². The second kappa shape index (κ2) is 3.25. The highest BCUT2D eigenvalue weighted by Gasteiger charge is 2.32. The van der Waals surface area contributed by atoms with E-state index in [1.807, 2.05) is 0 Å². The Morgan fingerprint density at radius 1 is 0.857 bits per heavy atom. The van der Waals surface area contributed by atoms with Crippen LogP contribution in [-0.4, -0.2) is 33.7 Å². The fourth-order valence-electron chi connectivity index (χ4n) is 0.899. The minimum Gasteiger partial charge on any atom is -0.478 e. The van der Waals surface area contributed by atoms with Crippen molar-refractivity contribution in [1.82, 2.24) is 0 Å². The summed E-state index contributed by atoms with van der Waals surface area (Å²) in [6.07, 6.45) is 1.60. The van der Waals surface area contributed by atoms with E-state index in [1.54, 1.807) is 0 Å². The normalized spacial score (nSPS) is 16.0. The first-order chi connectivity index (χ1) is 6.45. The van der Waals surface area contributed by atoms with E-state index in [0.29, 0.717) is 0 Å². The third-order valence-electron chi connectivity index (χ3n) is 1.57. The molecule has 0 spiro atoms. The molecule has 0 radical (unpaired) electrons. The number of carboxylic acids is 2. The second-order valence-corrected chi connectivity index (χ2v) is 2.43. The van der Waals surface area contributed by atoms with E-state index < -0.39 is 34.7 Å². The van der Waals surface area contributed by atoms with E-state index in [-0.39, 0.29) is 0 Å². The molecule has 2 N–H and O–H groups in total. The summed E-state index contributed by atoms with van der Waals surface area (Å²) in [5, 5.41) is 16.9. The number of hydrogen-bond acceptors (Lipinski definition) is 4. The predicted octanol–water partition coefficient (Wildman–Crippen LogP) is -0.840. The number of ketones is 2. The van der Waals surface area contributed by atoms with Gasteiger partial charge >= 0.3 is 11.9 Å². The smallest absolute Gasteiger partial charge is 0.339 e. The fourth-order valence-corrected chi connectivity index (χ4v) is 0.899. The molecule has 1 aliphatic rings. The van der Waals surface area contributed by atoms with Gasteiger partial charge in [0.25, 0.3) is 0 Å². The molecule has 0 atom stereocenters. The molecule has 0 amide bonds. The second-order valence-electron chi connectivity index (χ2n) is 2.43. The summed E-state index contributed by atoms with van der Waals surface area (Å²) >= 11 is 0. The van der Waals surface area contributed by atoms with Crippen LogP contribution in [0.15, 0.2) is 23.3 Å². The molecule has 0 saturated heterocycles. The largest absolute Gasteiger partial charge is 0.478 e. The molecule has 0 bridgehead atoms. The lowest BCUT2D eigenvalue weighted by Gasteiger charge is -2.05. The Labute approximate surface area is 77.1 Å². The first kappa shape index (κ1) is 9.85. The third kappa shape index (κ3) is 1.45. The molecule has 6 nitrogen and oxygen atoms in total. The highest BCUT2D eigenvalue weighted by atomic mass is 16.4. The molecule has 0 unspecified atom stereocenters. The van der Waals surface area contributed by atoms with E-state index in [9.17, 15) is 19.2 Å². The van der Waals surface area contributed by atoms with E-state index in [1.165, 1.54) is 0 Å². The Bertz CT molecular complexity index is 372. The van der Waals surface area contributed by atoms with Crippen molar-refractivity contribution in [3.05, 3.63) is 23.3 Å². The number of rotatable bonds is 2. The lowest BCUT2D eigenvalue weighted by molar-refractivity contribution is -0.141. The van der Waals surface area contributed by atoms with Gasteiger partial charge in [-0.3, -0.25) is 9.59 Å². The van der Waals surface area contributed by atoms with Crippen molar-refractivity contribution < 1.29 is 29.4 Å². The third-order valence-corrected chi connectivity index (χ3v) is 1.57. The van der Waals surface area contributed by atoms with Crippen LogP contribution in [-0.2, 0) is 19.2 Å². The van der Waals surface area contributed by atoms with Crippen LogP contribution in [0.2, 0.25) is 0 Å². The first-order valence-corrected chi connectivity index (χ1v) is 3.42. The minimum atomic E-state index is -1.55. The van der Waals surface area contributed by atoms with Crippen molar-refractivity contribution in [2.45, 2.75) is 0 Å². The molecule has 0 aromatic carbocycles. The molecular formula is C8H4O6. The maximum atomic E-state index is 11.0. The summed E-state index contributed by atoms with van der Waals surface area (Å²) in [6, 6.07) is 0. The Balaban J connectivity index is 3.21. The predicted molar refractivity (Wildman–Crippen MR) is 41.5 cm³/mol. The highest BCUT2D eigenvalue weighted by molar-refractivity contribution is 6.57. The average Bonchev–Trinajstić information content (AvgIpc) is 2.08. The Hall–Kier alpha value is -2.24. The number of Topliss-reactive ketones (excluding diaryl/α,β-unsaturated/α-hetero) is 2. The average molecular weight is 196 g/mol. The number of carbonyl (C=O) groups is 4. The van der Waals surface area contributed by atoms with Gasteiger partial charge in [0.1, 0.15) is 11.1 Å². The molecule has 0 aliphatic heterocycles. The van der Waals surface area contributed by atoms with E-state index in [4.69, 9.17) is 10.2 Å². The number of carbonyl (C=O) groups excluding carboxylic acids is 2. The van der Waals surface area contributed by atoms with Crippen molar-refractivity contribution in [3.8, 4) is 0 Å². The molecule has 6 heteroatoms. The molecule has 0 heterocycles. The Morgan fingerprint density at radius 3 is 1.36 bits per heavy atom. The van der Waals surface area contributed by atoms with Gasteiger partial charge in [0.2, 0.25) is 11.6 Å². The van der Waals surface area contributed by atoms with Crippen LogP contribution >= 0.6 is 0 Å². The van der Waals surface area contributed by atoms with Crippen LogP contribution in [0, 0.1) is 0 Å². The summed E-state index contributed by atoms with van der Waals surface area (Å²) in [5.74, 6) is -5.72. The highest BCUT2D eigenvalue weighted by Crippen LogP contribution is 2.12. The number of allylic oxidation sites excluding steroid dienone is 2. The van der Waals surface area contributed by atoms with Gasteiger partial charge in [0.15, 0.2) is 0 Å². The zero-order chi connectivity index (χ0) is 10.9. The van der Waals surface area contributed by atoms with Crippen molar-refractivity contribution in [3.63, 3.8) is 0 Å². The molecular weight excluding hydrogens is 192 g/mol. The molecule has 0 saturated carbocycles. The Kier molecular flexibility index (Phi) is 2.29. The zero-order valence-electron chi connectivity index (χ0n) is 6.68. The van der Waals surface area contributed by atoms with Crippen LogP contribution in [0.1, 0.15) is 0 Å². The topological polar surface area (TPSA) is 109 Å². The van der Waals surface area contributed by atoms with Crippen LogP contribution in [0.4, 0.5) is 0 Å². The van der Waals surface area contributed by atoms with Gasteiger partial charge in [-0.15, -0.1) is 0 Å². The van der Waals surface area contributed by atoms with Crippen molar-refractivity contribution in [1.29, 1.82) is 0 Å². The van der Waals surface area contributed by atoms with Crippen LogP contribution in [0.5, 0.6) is 0 Å². The van der Waals surface area contributed by atoms with Gasteiger partial charge in [-0.2, -0.15) is 0 Å². The lowest BCUT2D eigenvalue weighted by Crippen LogP contribution is -2.28. The van der Waals surface area contributed by atoms with Crippen LogP contribution < -0.4 is 0 Å². The summed E-state index contributed by atoms with van der Waals surface area (Å²) in [4.78, 5) is 42.7. The van der Waals surface area contributed by atoms with E-state index >= 15 is 0 Å². The maximum absolute atomic E-state index is 11.0. The van der Waals surface area contributed by atoms with Gasteiger partial charge in [0, 0.05) is 0 Å². The number of aliphatic carboxylic acids is 2. The summed E-state index contributed by atoms with van der Waals surface area (Å²) < 4.78 is 0. The molecule has 0 aromatic heterocycles. The molecule has 14 heavy (non-hydrogen) atoms. The maximum Gasteiger partial charge on any atom is 0.339 e. The standard InChI is InChI=1S/C8H4O6/c9-5-3(7(11)12)1-2-4(6(5)10)8(13)14/h1-2H,(H,11,12)(H,13,14). The van der Waals surface area contributed by atoms with Crippen molar-refractivity contribution >= 4 is 23.5 Å². The monoisotopic (exact) mass is 196 g/mol. The fraction of sp³-hybridized carbons (Fsp3) is 0. The van der Waals surface area contributed by atoms with E-state index in [2.05, 4.69) is 0 Å². The summed E-state index contributed by atoms with van der Waals surface area (Å²) in [5.41, 5.74) is -1.44. The first-order valence-electron chi connectivity index (χ1n) is 3.42. The SMILES string of the molecule is O=C(O)C1=CC=C(C(=O)O)C(=O)C1=O. The van der Waals surface area contributed by atoms with Crippen LogP contribution in [0.3, 0.4) is 0 Å². The Morgan fingerprint density at radius 2 is 1.14 bits per heavy atom. The van der Waals surface area contributed by atoms with Gasteiger partial charge in [0.05, 0.1) is 0 Å². The summed E-state index contributed by atoms with van der Waals surface area (Å²) in [6.45, 7) is 0. The summed E-state index contributed by atoms with van der Waals surface area (Å²) in [7, 11) is 0. The van der Waals surface area contributed by atoms with Crippen molar-refractivity contribution in [2.75, 3.05) is 0 Å². The lowest BCUT2D eigenvalue weighted by atomic mass is 9.96. The zero-order valence-corrected chi connectivity index (χ0v) is 6.68. The number of carboxylic acid groups (broad SMARTS) is 2. The van der Waals surface area contributed by atoms with Crippen LogP contribution in [0.25, 0.3) is 0 Å². The minimum absolute atomic E-state index is 0.722. The van der Waals surface area contributed by atoms with Gasteiger partial charge in [-0.1, -0.05) is 0 Å². The van der Waals surface area contributed by atoms with Gasteiger partial charge in [-0.25, -0.2) is 9.59 Å². The molecule has 0 fully saturated rings. The molecule has 1 aliphatic carbocycles. The van der Waals surface area contributed by atoms with E-state index in [0.717, 1.165) is 12.2 Å². The molecule has 72 valence electrons. The van der Waals surface area contributed by atoms with Gasteiger partial charge in [-0.05, 0) is 12.2 Å². The molecule has 1 rings (SSSR count).